The van der Waals surface area contributed by atoms with Crippen molar-refractivity contribution < 1.29 is 19.7 Å². The first kappa shape index (κ1) is 13.1. The fourth-order valence-electron chi connectivity index (χ4n) is 1.76. The zero-order valence-electron chi connectivity index (χ0n) is 10.2. The molecule has 2 rings (SSSR count). The highest BCUT2D eigenvalue weighted by atomic mass is 16.5. The standard InChI is InChI=1S/C15H14O4/c16-9-11-3-1-4-12(7-11)13-5-2-6-14(8-13)19-10-15(17)18/h1-8,16H,9-10H2,(H,17,18). The molecule has 0 aliphatic carbocycles. The van der Waals surface area contributed by atoms with Crippen LogP contribution >= 0.6 is 0 Å². The van der Waals surface area contributed by atoms with Crippen molar-refractivity contribution in [1.29, 1.82) is 0 Å². The van der Waals surface area contributed by atoms with Crippen LogP contribution in [-0.4, -0.2) is 22.8 Å². The molecule has 0 saturated carbocycles. The molecule has 2 aromatic carbocycles. The summed E-state index contributed by atoms with van der Waals surface area (Å²) >= 11 is 0. The van der Waals surface area contributed by atoms with Crippen LogP contribution in [0.25, 0.3) is 11.1 Å². The fraction of sp³-hybridized carbons (Fsp3) is 0.133. The van der Waals surface area contributed by atoms with E-state index >= 15 is 0 Å². The number of aliphatic carboxylic acids is 1. The van der Waals surface area contributed by atoms with Crippen LogP contribution in [0.4, 0.5) is 0 Å². The van der Waals surface area contributed by atoms with E-state index in [9.17, 15) is 4.79 Å². The van der Waals surface area contributed by atoms with Crippen LogP contribution in [0.2, 0.25) is 0 Å². The third kappa shape index (κ3) is 3.56. The van der Waals surface area contributed by atoms with E-state index in [2.05, 4.69) is 0 Å². The first-order chi connectivity index (χ1) is 9.19. The molecule has 0 fully saturated rings. The summed E-state index contributed by atoms with van der Waals surface area (Å²) in [6.45, 7) is -0.372. The Labute approximate surface area is 110 Å². The van der Waals surface area contributed by atoms with Gasteiger partial charge in [-0.15, -0.1) is 0 Å². The minimum Gasteiger partial charge on any atom is -0.482 e. The number of carbonyl (C=O) groups is 1. The number of hydrogen-bond acceptors (Lipinski definition) is 3. The molecule has 0 aromatic heterocycles. The second-order valence-corrected chi connectivity index (χ2v) is 4.07. The van der Waals surface area contributed by atoms with E-state index in [1.807, 2.05) is 30.3 Å². The summed E-state index contributed by atoms with van der Waals surface area (Å²) in [6.07, 6.45) is 0. The Morgan fingerprint density at radius 1 is 1.05 bits per heavy atom. The van der Waals surface area contributed by atoms with Gasteiger partial charge >= 0.3 is 5.97 Å². The third-order valence-corrected chi connectivity index (χ3v) is 2.64. The lowest BCUT2D eigenvalue weighted by Crippen LogP contribution is -2.09. The zero-order chi connectivity index (χ0) is 13.7. The van der Waals surface area contributed by atoms with Crippen LogP contribution in [0, 0.1) is 0 Å². The highest BCUT2D eigenvalue weighted by molar-refractivity contribution is 5.69. The molecule has 0 atom stereocenters. The van der Waals surface area contributed by atoms with Crippen LogP contribution in [-0.2, 0) is 11.4 Å². The average Bonchev–Trinajstić information content (AvgIpc) is 2.45. The van der Waals surface area contributed by atoms with E-state index in [0.717, 1.165) is 16.7 Å². The second-order valence-electron chi connectivity index (χ2n) is 4.07. The Balaban J connectivity index is 2.24. The minimum absolute atomic E-state index is 0.0109. The molecule has 2 aromatic rings. The number of ether oxygens (including phenoxy) is 1. The smallest absolute Gasteiger partial charge is 0.341 e. The largest absolute Gasteiger partial charge is 0.482 e. The third-order valence-electron chi connectivity index (χ3n) is 2.64. The molecule has 98 valence electrons. The maximum atomic E-state index is 10.5. The molecular formula is C15H14O4. The van der Waals surface area contributed by atoms with Crippen LogP contribution in [0.15, 0.2) is 48.5 Å². The van der Waals surface area contributed by atoms with Crippen LogP contribution in [0.5, 0.6) is 5.75 Å². The lowest BCUT2D eigenvalue weighted by molar-refractivity contribution is -0.139. The van der Waals surface area contributed by atoms with Crippen molar-refractivity contribution >= 4 is 5.97 Å². The van der Waals surface area contributed by atoms with Gasteiger partial charge in [-0.2, -0.15) is 0 Å². The van der Waals surface area contributed by atoms with Crippen LogP contribution in [0.1, 0.15) is 5.56 Å². The minimum atomic E-state index is -1.01. The number of hydrogen-bond donors (Lipinski definition) is 2. The quantitative estimate of drug-likeness (QED) is 0.863. The summed E-state index contributed by atoms with van der Waals surface area (Å²) in [4.78, 5) is 10.5. The zero-order valence-corrected chi connectivity index (χ0v) is 10.2. The first-order valence-corrected chi connectivity index (χ1v) is 5.84. The molecule has 0 heterocycles. The van der Waals surface area contributed by atoms with Crippen LogP contribution in [0.3, 0.4) is 0 Å². The molecule has 0 radical (unpaired) electrons. The van der Waals surface area contributed by atoms with Gasteiger partial charge in [0.2, 0.25) is 0 Å². The van der Waals surface area contributed by atoms with Crippen molar-refractivity contribution in [1.82, 2.24) is 0 Å². The van der Waals surface area contributed by atoms with Gasteiger partial charge < -0.3 is 14.9 Å². The number of carboxylic acid groups (broad SMARTS) is 1. The SMILES string of the molecule is O=C(O)COc1cccc(-c2cccc(CO)c2)c1. The Morgan fingerprint density at radius 3 is 2.42 bits per heavy atom. The highest BCUT2D eigenvalue weighted by Crippen LogP contribution is 2.24. The Bertz CT molecular complexity index is 578. The van der Waals surface area contributed by atoms with Gasteiger partial charge in [0.1, 0.15) is 5.75 Å². The molecule has 0 saturated heterocycles. The Hall–Kier alpha value is -2.33. The van der Waals surface area contributed by atoms with E-state index in [1.165, 1.54) is 0 Å². The first-order valence-electron chi connectivity index (χ1n) is 5.84. The molecule has 0 aliphatic rings. The number of carboxylic acids is 1. The molecular weight excluding hydrogens is 244 g/mol. The number of rotatable bonds is 5. The molecule has 4 nitrogen and oxygen atoms in total. The average molecular weight is 258 g/mol. The van der Waals surface area contributed by atoms with E-state index in [4.69, 9.17) is 14.9 Å². The summed E-state index contributed by atoms with van der Waals surface area (Å²) < 4.78 is 5.14. The van der Waals surface area contributed by atoms with Gasteiger partial charge in [-0.25, -0.2) is 4.79 Å². The fourth-order valence-corrected chi connectivity index (χ4v) is 1.76. The normalized spacial score (nSPS) is 10.2. The highest BCUT2D eigenvalue weighted by Gasteiger charge is 2.03. The summed E-state index contributed by atoms with van der Waals surface area (Å²) in [6, 6.07) is 14.7. The molecule has 19 heavy (non-hydrogen) atoms. The summed E-state index contributed by atoms with van der Waals surface area (Å²) in [5.74, 6) is -0.498. The molecule has 0 amide bonds. The van der Waals surface area contributed by atoms with Gasteiger partial charge in [0.15, 0.2) is 6.61 Å². The predicted molar refractivity (Wildman–Crippen MR) is 70.9 cm³/mol. The molecule has 0 spiro atoms. The van der Waals surface area contributed by atoms with Gasteiger partial charge in [0.05, 0.1) is 6.61 Å². The van der Waals surface area contributed by atoms with E-state index < -0.39 is 5.97 Å². The van der Waals surface area contributed by atoms with Gasteiger partial charge in [-0.3, -0.25) is 0 Å². The van der Waals surface area contributed by atoms with E-state index in [-0.39, 0.29) is 13.2 Å². The van der Waals surface area contributed by atoms with Gasteiger partial charge in [0.25, 0.3) is 0 Å². The summed E-state index contributed by atoms with van der Waals surface area (Å²) in [5.41, 5.74) is 2.69. The number of aliphatic hydroxyl groups is 1. The maximum absolute atomic E-state index is 10.5. The molecule has 0 bridgehead atoms. The number of aliphatic hydroxyl groups excluding tert-OH is 1. The lowest BCUT2D eigenvalue weighted by atomic mass is 10.0. The lowest BCUT2D eigenvalue weighted by Gasteiger charge is -2.07. The van der Waals surface area contributed by atoms with Crippen molar-refractivity contribution in [2.24, 2.45) is 0 Å². The van der Waals surface area contributed by atoms with E-state index in [1.54, 1.807) is 18.2 Å². The summed E-state index contributed by atoms with van der Waals surface area (Å²) in [5, 5.41) is 17.7. The monoisotopic (exact) mass is 258 g/mol. The summed E-state index contributed by atoms with van der Waals surface area (Å²) in [7, 11) is 0. The molecule has 2 N–H and O–H groups in total. The second kappa shape index (κ2) is 6.02. The topological polar surface area (TPSA) is 66.8 Å². The van der Waals surface area contributed by atoms with Crippen molar-refractivity contribution in [3.05, 3.63) is 54.1 Å². The molecule has 0 aliphatic heterocycles. The predicted octanol–water partition coefficient (Wildman–Crippen LogP) is 2.31. The van der Waals surface area contributed by atoms with Gasteiger partial charge in [-0.05, 0) is 34.9 Å². The number of benzene rings is 2. The van der Waals surface area contributed by atoms with Crippen molar-refractivity contribution in [3.63, 3.8) is 0 Å². The maximum Gasteiger partial charge on any atom is 0.341 e. The van der Waals surface area contributed by atoms with Crippen molar-refractivity contribution in [3.8, 4) is 16.9 Å². The van der Waals surface area contributed by atoms with Gasteiger partial charge in [0, 0.05) is 0 Å². The Morgan fingerprint density at radius 2 is 1.74 bits per heavy atom. The molecule has 0 unspecified atom stereocenters. The molecule has 4 heteroatoms. The van der Waals surface area contributed by atoms with Crippen LogP contribution < -0.4 is 4.74 Å². The van der Waals surface area contributed by atoms with Crippen molar-refractivity contribution in [2.75, 3.05) is 6.61 Å². The van der Waals surface area contributed by atoms with Crippen molar-refractivity contribution in [2.45, 2.75) is 6.61 Å². The van der Waals surface area contributed by atoms with E-state index in [0.29, 0.717) is 5.75 Å². The Kier molecular flexibility index (Phi) is 4.15. The van der Waals surface area contributed by atoms with Gasteiger partial charge in [-0.1, -0.05) is 30.3 Å².